The second kappa shape index (κ2) is 10.3. The molecule has 0 bridgehead atoms. The lowest BCUT2D eigenvalue weighted by molar-refractivity contribution is -0.136. The van der Waals surface area contributed by atoms with Gasteiger partial charge in [-0.05, 0) is 57.1 Å². The largest absolute Gasteiger partial charge is 0.343 e. The number of fused-ring (bicyclic) bond motifs is 1. The molecule has 3 saturated heterocycles. The fraction of sp³-hybridized carbons (Fsp3) is 0.654. The van der Waals surface area contributed by atoms with Crippen LogP contribution in [0.15, 0.2) is 29.1 Å². The highest BCUT2D eigenvalue weighted by molar-refractivity contribution is 5.78. The van der Waals surface area contributed by atoms with Crippen LogP contribution in [0.25, 0.3) is 11.0 Å². The van der Waals surface area contributed by atoms with Gasteiger partial charge in [-0.25, -0.2) is 4.79 Å². The van der Waals surface area contributed by atoms with Crippen LogP contribution in [0.2, 0.25) is 0 Å². The lowest BCUT2D eigenvalue weighted by Gasteiger charge is -2.42. The van der Waals surface area contributed by atoms with E-state index < -0.39 is 0 Å². The summed E-state index contributed by atoms with van der Waals surface area (Å²) in [6.07, 6.45) is 8.11. The Morgan fingerprint density at radius 1 is 0.971 bits per heavy atom. The molecule has 0 spiro atoms. The van der Waals surface area contributed by atoms with Gasteiger partial charge in [0, 0.05) is 65.6 Å². The molecule has 34 heavy (non-hydrogen) atoms. The first-order valence-corrected chi connectivity index (χ1v) is 13.1. The zero-order valence-corrected chi connectivity index (χ0v) is 20.1. The maximum atomic E-state index is 12.9. The van der Waals surface area contributed by atoms with Crippen LogP contribution in [0.3, 0.4) is 0 Å². The van der Waals surface area contributed by atoms with Crippen LogP contribution < -0.4 is 5.69 Å². The predicted molar refractivity (Wildman–Crippen MR) is 134 cm³/mol. The number of para-hydroxylation sites is 2. The quantitative estimate of drug-likeness (QED) is 0.705. The van der Waals surface area contributed by atoms with E-state index in [9.17, 15) is 14.4 Å². The van der Waals surface area contributed by atoms with E-state index in [4.69, 9.17) is 0 Å². The van der Waals surface area contributed by atoms with Crippen molar-refractivity contribution in [1.82, 2.24) is 24.3 Å². The van der Waals surface area contributed by atoms with E-state index >= 15 is 0 Å². The number of nitrogens with zero attached hydrogens (tertiary/aromatic N) is 4. The van der Waals surface area contributed by atoms with Gasteiger partial charge in [0.1, 0.15) is 0 Å². The maximum absolute atomic E-state index is 12.9. The van der Waals surface area contributed by atoms with Gasteiger partial charge in [0.2, 0.25) is 11.8 Å². The number of carbonyl (C=O) groups excluding carboxylic acids is 2. The van der Waals surface area contributed by atoms with E-state index in [1.165, 1.54) is 0 Å². The molecule has 0 radical (unpaired) electrons. The lowest BCUT2D eigenvalue weighted by Crippen LogP contribution is -2.52. The monoisotopic (exact) mass is 469 g/mol. The number of H-pyrrole nitrogens is 1. The zero-order valence-electron chi connectivity index (χ0n) is 20.1. The Labute approximate surface area is 202 Å². The Morgan fingerprint density at radius 3 is 2.62 bits per heavy atom. The second-order valence-electron chi connectivity index (χ2n) is 10.2. The molecule has 3 fully saturated rings. The number of aromatic nitrogens is 2. The van der Waals surface area contributed by atoms with Gasteiger partial charge in [-0.3, -0.25) is 19.1 Å². The fourth-order valence-electron chi connectivity index (χ4n) is 6.10. The van der Waals surface area contributed by atoms with E-state index in [2.05, 4.69) is 9.88 Å². The summed E-state index contributed by atoms with van der Waals surface area (Å²) in [5, 5.41) is 0. The lowest BCUT2D eigenvalue weighted by atomic mass is 9.98. The van der Waals surface area contributed by atoms with Crippen molar-refractivity contribution in [2.45, 2.75) is 69.9 Å². The molecular weight excluding hydrogens is 430 g/mol. The minimum Gasteiger partial charge on any atom is -0.343 e. The second-order valence-corrected chi connectivity index (χ2v) is 10.2. The van der Waals surface area contributed by atoms with Crippen molar-refractivity contribution in [3.8, 4) is 0 Å². The first-order valence-electron chi connectivity index (χ1n) is 13.1. The average molecular weight is 470 g/mol. The predicted octanol–water partition coefficient (Wildman–Crippen LogP) is 3.00. The molecule has 1 aromatic carbocycles. The summed E-state index contributed by atoms with van der Waals surface area (Å²) in [5.74, 6) is 0.476. The molecular formula is C26H39N5O3. The Kier molecular flexibility index (Phi) is 7.04. The molecule has 1 N–H and O–H groups in total. The minimum absolute atomic E-state index is 0. The summed E-state index contributed by atoms with van der Waals surface area (Å²) >= 11 is 0. The molecule has 0 saturated carbocycles. The van der Waals surface area contributed by atoms with Crippen molar-refractivity contribution in [2.75, 3.05) is 39.3 Å². The molecule has 3 aliphatic heterocycles. The van der Waals surface area contributed by atoms with E-state index in [0.717, 1.165) is 88.7 Å². The van der Waals surface area contributed by atoms with Crippen molar-refractivity contribution in [3.63, 3.8) is 0 Å². The normalized spacial score (nSPS) is 23.1. The number of piperidine rings is 3. The Morgan fingerprint density at radius 2 is 1.79 bits per heavy atom. The number of aromatic amines is 1. The van der Waals surface area contributed by atoms with Gasteiger partial charge in [-0.2, -0.15) is 0 Å². The fourth-order valence-corrected chi connectivity index (χ4v) is 6.10. The first kappa shape index (κ1) is 23.1. The first-order chi connectivity index (χ1) is 16.6. The van der Waals surface area contributed by atoms with Crippen LogP contribution in [0.1, 0.15) is 65.3 Å². The van der Waals surface area contributed by atoms with Gasteiger partial charge in [0.25, 0.3) is 0 Å². The highest BCUT2D eigenvalue weighted by Crippen LogP contribution is 2.28. The molecule has 5 rings (SSSR count). The summed E-state index contributed by atoms with van der Waals surface area (Å²) in [4.78, 5) is 46.9. The number of amides is 2. The number of imidazole rings is 1. The minimum atomic E-state index is -0.0136. The smallest absolute Gasteiger partial charge is 0.326 e. The third-order valence-electron chi connectivity index (χ3n) is 7.99. The zero-order chi connectivity index (χ0) is 23.5. The van der Waals surface area contributed by atoms with Gasteiger partial charge >= 0.3 is 5.69 Å². The van der Waals surface area contributed by atoms with Crippen molar-refractivity contribution in [2.24, 2.45) is 0 Å². The van der Waals surface area contributed by atoms with Crippen molar-refractivity contribution < 1.29 is 11.0 Å². The average Bonchev–Trinajstić information content (AvgIpc) is 3.21. The van der Waals surface area contributed by atoms with Gasteiger partial charge in [0.15, 0.2) is 0 Å². The summed E-state index contributed by atoms with van der Waals surface area (Å²) in [7, 11) is 0. The van der Waals surface area contributed by atoms with E-state index in [0.29, 0.717) is 25.4 Å². The number of hydrogen-bond donors (Lipinski definition) is 1. The molecule has 1 aromatic heterocycles. The summed E-state index contributed by atoms with van der Waals surface area (Å²) in [6.45, 7) is 5.13. The standard InChI is InChI=1S/C26H37N5O3.H2/c32-24-10-3-4-14-29(24)15-6-11-25(33)30-16-5-7-21(19-30)28-17-12-20(13-18-28)31-23-9-2-1-8-22(23)27-26(31)34;/h1-2,8-9,20-21H,3-7,10-19H2,(H,27,34);1H/t21-;/m0./s1. The van der Waals surface area contributed by atoms with Crippen molar-refractivity contribution in [1.29, 1.82) is 0 Å². The van der Waals surface area contributed by atoms with Crippen LogP contribution in [0.5, 0.6) is 0 Å². The van der Waals surface area contributed by atoms with E-state index in [1.54, 1.807) is 0 Å². The molecule has 2 amide bonds. The van der Waals surface area contributed by atoms with Crippen LogP contribution in [-0.4, -0.2) is 81.4 Å². The summed E-state index contributed by atoms with van der Waals surface area (Å²) in [5.41, 5.74) is 1.88. The number of carbonyl (C=O) groups is 2. The molecule has 2 aromatic rings. The van der Waals surface area contributed by atoms with Crippen LogP contribution in [0, 0.1) is 0 Å². The topological polar surface area (TPSA) is 81.7 Å². The van der Waals surface area contributed by atoms with Gasteiger partial charge in [-0.1, -0.05) is 12.1 Å². The van der Waals surface area contributed by atoms with E-state index in [1.807, 2.05) is 38.6 Å². The SMILES string of the molecule is O=C1CCCCN1CCCC(=O)N1CCC[C@H](N2CCC(n3c(=O)[nH]c4ccccc43)CC2)C1.[HH]. The number of nitrogens with one attached hydrogen (secondary N) is 1. The molecule has 0 unspecified atom stereocenters. The molecule has 0 aliphatic carbocycles. The Balaban J connectivity index is 0.00000289. The van der Waals surface area contributed by atoms with Crippen LogP contribution in [0.4, 0.5) is 0 Å². The maximum Gasteiger partial charge on any atom is 0.326 e. The molecule has 3 aliphatic rings. The number of rotatable bonds is 6. The highest BCUT2D eigenvalue weighted by atomic mass is 16.2. The van der Waals surface area contributed by atoms with Crippen molar-refractivity contribution in [3.05, 3.63) is 34.7 Å². The highest BCUT2D eigenvalue weighted by Gasteiger charge is 2.31. The summed E-state index contributed by atoms with van der Waals surface area (Å²) < 4.78 is 1.94. The van der Waals surface area contributed by atoms with Crippen LogP contribution >= 0.6 is 0 Å². The van der Waals surface area contributed by atoms with Gasteiger partial charge in [0.05, 0.1) is 11.0 Å². The van der Waals surface area contributed by atoms with Gasteiger partial charge in [-0.15, -0.1) is 0 Å². The Hall–Kier alpha value is -2.61. The number of hydrogen-bond acceptors (Lipinski definition) is 4. The molecule has 1 atom stereocenters. The molecule has 186 valence electrons. The third kappa shape index (κ3) is 4.92. The molecule has 4 heterocycles. The number of benzene rings is 1. The van der Waals surface area contributed by atoms with E-state index in [-0.39, 0.29) is 25.0 Å². The summed E-state index contributed by atoms with van der Waals surface area (Å²) in [6, 6.07) is 8.54. The van der Waals surface area contributed by atoms with Crippen LogP contribution in [-0.2, 0) is 9.59 Å². The Bertz CT molecular complexity index is 1070. The third-order valence-corrected chi connectivity index (χ3v) is 7.99. The van der Waals surface area contributed by atoms with Gasteiger partial charge < -0.3 is 14.8 Å². The number of likely N-dealkylation sites (tertiary alicyclic amines) is 3. The molecule has 8 nitrogen and oxygen atoms in total. The molecule has 8 heteroatoms. The van der Waals surface area contributed by atoms with Crippen molar-refractivity contribution >= 4 is 22.8 Å².